The van der Waals surface area contributed by atoms with Gasteiger partial charge in [-0.25, -0.2) is 0 Å². The van der Waals surface area contributed by atoms with Gasteiger partial charge in [-0.2, -0.15) is 0 Å². The first-order valence-corrected chi connectivity index (χ1v) is 7.55. The number of morpholine rings is 1. The number of nitrogens with zero attached hydrogens (tertiary/aromatic N) is 1. The van der Waals surface area contributed by atoms with Crippen LogP contribution in [0.3, 0.4) is 0 Å². The molecular weight excluding hydrogens is 266 g/mol. The average Bonchev–Trinajstić information content (AvgIpc) is 2.47. The minimum Gasteiger partial charge on any atom is -0.491 e. The zero-order chi connectivity index (χ0) is 15.5. The second kappa shape index (κ2) is 6.58. The van der Waals surface area contributed by atoms with Gasteiger partial charge in [0.05, 0.1) is 24.9 Å². The fourth-order valence-corrected chi connectivity index (χ4v) is 2.58. The Bertz CT molecular complexity index is 473. The molecule has 1 saturated heterocycles. The van der Waals surface area contributed by atoms with E-state index in [1.165, 1.54) is 0 Å². The van der Waals surface area contributed by atoms with E-state index < -0.39 is 5.54 Å². The number of hydrogen-bond acceptors (Lipinski definition) is 4. The molecule has 0 atom stereocenters. The van der Waals surface area contributed by atoms with E-state index in [9.17, 15) is 4.79 Å². The Kier molecular flexibility index (Phi) is 5.01. The topological polar surface area (TPSA) is 38.8 Å². The molecule has 2 rings (SSSR count). The van der Waals surface area contributed by atoms with Gasteiger partial charge in [-0.3, -0.25) is 9.69 Å². The second-order valence-corrected chi connectivity index (χ2v) is 6.18. The van der Waals surface area contributed by atoms with Crippen molar-refractivity contribution in [3.63, 3.8) is 0 Å². The second-order valence-electron chi connectivity index (χ2n) is 6.18. The third kappa shape index (κ3) is 3.83. The predicted molar refractivity (Wildman–Crippen MR) is 83.0 cm³/mol. The van der Waals surface area contributed by atoms with Crippen LogP contribution in [0.2, 0.25) is 0 Å². The van der Waals surface area contributed by atoms with Crippen LogP contribution in [0.25, 0.3) is 0 Å². The Labute approximate surface area is 127 Å². The number of carbonyl (C=O) groups is 1. The molecule has 0 spiro atoms. The van der Waals surface area contributed by atoms with Crippen molar-refractivity contribution in [2.45, 2.75) is 39.3 Å². The van der Waals surface area contributed by atoms with Gasteiger partial charge in [0.2, 0.25) is 0 Å². The fourth-order valence-electron chi connectivity index (χ4n) is 2.58. The maximum Gasteiger partial charge on any atom is 0.182 e. The molecule has 0 amide bonds. The lowest BCUT2D eigenvalue weighted by atomic mass is 9.91. The van der Waals surface area contributed by atoms with E-state index in [0.29, 0.717) is 13.2 Å². The van der Waals surface area contributed by atoms with Crippen molar-refractivity contribution in [2.75, 3.05) is 26.3 Å². The highest BCUT2D eigenvalue weighted by Crippen LogP contribution is 2.23. The number of Topliss-reactive ketones (excluding diaryl/α,β-unsaturated/α-hetero) is 1. The largest absolute Gasteiger partial charge is 0.491 e. The summed E-state index contributed by atoms with van der Waals surface area (Å²) < 4.78 is 11.0. The van der Waals surface area contributed by atoms with Crippen molar-refractivity contribution in [2.24, 2.45) is 0 Å². The van der Waals surface area contributed by atoms with Crippen LogP contribution >= 0.6 is 0 Å². The first-order chi connectivity index (χ1) is 9.91. The summed E-state index contributed by atoms with van der Waals surface area (Å²) in [5, 5.41) is 0. The lowest BCUT2D eigenvalue weighted by Gasteiger charge is -2.39. The third-order valence-corrected chi connectivity index (χ3v) is 3.85. The van der Waals surface area contributed by atoms with Gasteiger partial charge >= 0.3 is 0 Å². The van der Waals surface area contributed by atoms with Crippen LogP contribution in [0.1, 0.15) is 38.1 Å². The minimum absolute atomic E-state index is 0.136. The summed E-state index contributed by atoms with van der Waals surface area (Å²) in [7, 11) is 0. The molecule has 0 aliphatic carbocycles. The van der Waals surface area contributed by atoms with Crippen LogP contribution in [0.4, 0.5) is 0 Å². The summed E-state index contributed by atoms with van der Waals surface area (Å²) in [5.74, 6) is 0.936. The molecule has 0 bridgehead atoms. The van der Waals surface area contributed by atoms with Gasteiger partial charge in [0.25, 0.3) is 0 Å². The molecule has 0 saturated carbocycles. The van der Waals surface area contributed by atoms with E-state index in [-0.39, 0.29) is 11.9 Å². The molecule has 1 heterocycles. The number of benzene rings is 1. The predicted octanol–water partition coefficient (Wildman–Crippen LogP) is 2.77. The van der Waals surface area contributed by atoms with Crippen molar-refractivity contribution < 1.29 is 14.3 Å². The van der Waals surface area contributed by atoms with Gasteiger partial charge in [-0.1, -0.05) is 0 Å². The Morgan fingerprint density at radius 3 is 2.29 bits per heavy atom. The average molecular weight is 291 g/mol. The summed E-state index contributed by atoms with van der Waals surface area (Å²) in [4.78, 5) is 15.0. The van der Waals surface area contributed by atoms with E-state index in [1.54, 1.807) is 0 Å². The lowest BCUT2D eigenvalue weighted by Crippen LogP contribution is -2.54. The van der Waals surface area contributed by atoms with E-state index in [1.807, 2.05) is 52.0 Å². The van der Waals surface area contributed by atoms with Crippen LogP contribution < -0.4 is 4.74 Å². The van der Waals surface area contributed by atoms with Gasteiger partial charge in [0.1, 0.15) is 5.75 Å². The summed E-state index contributed by atoms with van der Waals surface area (Å²) in [6.07, 6.45) is 0.136. The molecule has 0 N–H and O–H groups in total. The Morgan fingerprint density at radius 1 is 1.19 bits per heavy atom. The van der Waals surface area contributed by atoms with Crippen molar-refractivity contribution >= 4 is 5.78 Å². The highest BCUT2D eigenvalue weighted by atomic mass is 16.5. The van der Waals surface area contributed by atoms with Gasteiger partial charge < -0.3 is 9.47 Å². The van der Waals surface area contributed by atoms with E-state index in [0.717, 1.165) is 24.4 Å². The first-order valence-electron chi connectivity index (χ1n) is 7.55. The molecule has 1 fully saturated rings. The van der Waals surface area contributed by atoms with Crippen LogP contribution in [0.15, 0.2) is 24.3 Å². The zero-order valence-corrected chi connectivity index (χ0v) is 13.4. The van der Waals surface area contributed by atoms with Gasteiger partial charge in [0.15, 0.2) is 5.78 Å². The zero-order valence-electron chi connectivity index (χ0n) is 13.4. The van der Waals surface area contributed by atoms with Crippen LogP contribution in [0, 0.1) is 0 Å². The molecule has 116 valence electrons. The number of ether oxygens (including phenoxy) is 2. The highest BCUT2D eigenvalue weighted by Gasteiger charge is 2.35. The van der Waals surface area contributed by atoms with Crippen LogP contribution in [-0.2, 0) is 4.74 Å². The molecule has 4 nitrogen and oxygen atoms in total. The molecule has 4 heteroatoms. The number of carbonyl (C=O) groups excluding carboxylic acids is 1. The number of ketones is 1. The molecule has 21 heavy (non-hydrogen) atoms. The SMILES string of the molecule is CC(C)Oc1ccc(C(=O)C(C)(C)N2CCOCC2)cc1. The molecule has 1 aliphatic rings. The van der Waals surface area contributed by atoms with E-state index in [4.69, 9.17) is 9.47 Å². The van der Waals surface area contributed by atoms with Gasteiger partial charge in [-0.05, 0) is 52.0 Å². The molecule has 0 unspecified atom stereocenters. The molecule has 1 aliphatic heterocycles. The quantitative estimate of drug-likeness (QED) is 0.782. The van der Waals surface area contributed by atoms with Gasteiger partial charge in [-0.15, -0.1) is 0 Å². The van der Waals surface area contributed by atoms with E-state index in [2.05, 4.69) is 4.90 Å². The number of rotatable bonds is 5. The van der Waals surface area contributed by atoms with Crippen LogP contribution in [-0.4, -0.2) is 48.6 Å². The smallest absolute Gasteiger partial charge is 0.182 e. The highest BCUT2D eigenvalue weighted by molar-refractivity contribution is 6.02. The van der Waals surface area contributed by atoms with Crippen molar-refractivity contribution in [1.82, 2.24) is 4.90 Å². The Hall–Kier alpha value is -1.39. The monoisotopic (exact) mass is 291 g/mol. The molecule has 0 radical (unpaired) electrons. The standard InChI is InChI=1S/C17H25NO3/c1-13(2)21-15-7-5-14(6-8-15)16(19)17(3,4)18-9-11-20-12-10-18/h5-8,13H,9-12H2,1-4H3. The molecule has 0 aromatic heterocycles. The lowest BCUT2D eigenvalue weighted by molar-refractivity contribution is -0.00429. The third-order valence-electron chi connectivity index (χ3n) is 3.85. The molecule has 1 aromatic carbocycles. The normalized spacial score (nSPS) is 17.0. The maximum atomic E-state index is 12.8. The fraction of sp³-hybridized carbons (Fsp3) is 0.588. The summed E-state index contributed by atoms with van der Waals surface area (Å²) in [5.41, 5.74) is 0.215. The summed E-state index contributed by atoms with van der Waals surface area (Å²) in [6.45, 7) is 10.9. The Balaban J connectivity index is 2.10. The van der Waals surface area contributed by atoms with Gasteiger partial charge in [0, 0.05) is 18.7 Å². The Morgan fingerprint density at radius 2 is 1.76 bits per heavy atom. The summed E-state index contributed by atoms with van der Waals surface area (Å²) >= 11 is 0. The maximum absolute atomic E-state index is 12.8. The van der Waals surface area contributed by atoms with Crippen molar-refractivity contribution in [3.05, 3.63) is 29.8 Å². The molecule has 1 aromatic rings. The van der Waals surface area contributed by atoms with Crippen LogP contribution in [0.5, 0.6) is 5.75 Å². The van der Waals surface area contributed by atoms with E-state index >= 15 is 0 Å². The van der Waals surface area contributed by atoms with Crippen molar-refractivity contribution in [1.29, 1.82) is 0 Å². The van der Waals surface area contributed by atoms with Crippen molar-refractivity contribution in [3.8, 4) is 5.75 Å². The molecular formula is C17H25NO3. The number of hydrogen-bond donors (Lipinski definition) is 0. The summed E-state index contributed by atoms with van der Waals surface area (Å²) in [6, 6.07) is 7.43. The minimum atomic E-state index is -0.510. The first kappa shape index (κ1) is 16.0.